The fraction of sp³-hybridized carbons (Fsp3) is 0.929. The minimum absolute atomic E-state index is 0.160. The largest absolute Gasteiger partial charge is 0.353 e. The number of amides is 1. The lowest BCUT2D eigenvalue weighted by molar-refractivity contribution is -0.124. The van der Waals surface area contributed by atoms with E-state index in [9.17, 15) is 4.79 Å². The summed E-state index contributed by atoms with van der Waals surface area (Å²) in [7, 11) is 0. The molecule has 0 spiro atoms. The average molecular weight is 225 g/mol. The maximum Gasteiger partial charge on any atom is 0.220 e. The van der Waals surface area contributed by atoms with Gasteiger partial charge in [0, 0.05) is 12.5 Å². The summed E-state index contributed by atoms with van der Waals surface area (Å²) in [5.41, 5.74) is 0.160. The van der Waals surface area contributed by atoms with Gasteiger partial charge in [0.15, 0.2) is 0 Å². The van der Waals surface area contributed by atoms with Crippen LogP contribution in [-0.4, -0.2) is 11.9 Å². The molecule has 1 aliphatic carbocycles. The highest BCUT2D eigenvalue weighted by molar-refractivity contribution is 5.76. The number of carbonyl (C=O) groups excluding carboxylic acids is 1. The van der Waals surface area contributed by atoms with E-state index in [1.165, 1.54) is 32.1 Å². The minimum atomic E-state index is 0.160. The van der Waals surface area contributed by atoms with Gasteiger partial charge in [0.1, 0.15) is 0 Å². The molecule has 94 valence electrons. The highest BCUT2D eigenvalue weighted by atomic mass is 16.1. The summed E-state index contributed by atoms with van der Waals surface area (Å²) in [5.74, 6) is 0.255. The van der Waals surface area contributed by atoms with E-state index in [1.54, 1.807) is 0 Å². The van der Waals surface area contributed by atoms with E-state index < -0.39 is 0 Å². The van der Waals surface area contributed by atoms with Crippen molar-refractivity contribution in [2.45, 2.75) is 78.2 Å². The Morgan fingerprint density at radius 1 is 1.25 bits per heavy atom. The topological polar surface area (TPSA) is 29.1 Å². The van der Waals surface area contributed by atoms with Crippen LogP contribution in [0.5, 0.6) is 0 Å². The van der Waals surface area contributed by atoms with Crippen LogP contribution in [0, 0.1) is 5.41 Å². The molecule has 1 amide bonds. The highest BCUT2D eigenvalue weighted by Gasteiger charge is 2.23. The molecular formula is C14H27NO. The van der Waals surface area contributed by atoms with Gasteiger partial charge >= 0.3 is 0 Å². The molecule has 0 bridgehead atoms. The zero-order valence-electron chi connectivity index (χ0n) is 11.1. The molecule has 2 heteroatoms. The Morgan fingerprint density at radius 2 is 1.88 bits per heavy atom. The van der Waals surface area contributed by atoms with Crippen LogP contribution in [0.2, 0.25) is 0 Å². The van der Waals surface area contributed by atoms with Crippen LogP contribution in [0.3, 0.4) is 0 Å². The van der Waals surface area contributed by atoms with Gasteiger partial charge in [0.05, 0.1) is 0 Å². The van der Waals surface area contributed by atoms with Crippen LogP contribution in [-0.2, 0) is 4.79 Å². The SMILES string of the molecule is CCCC(C)(C)CC(=O)NC1CCCCC1. The third-order valence-electron chi connectivity index (χ3n) is 3.54. The molecule has 1 fully saturated rings. The van der Waals surface area contributed by atoms with Crippen LogP contribution in [0.4, 0.5) is 0 Å². The van der Waals surface area contributed by atoms with E-state index >= 15 is 0 Å². The summed E-state index contributed by atoms with van der Waals surface area (Å²) >= 11 is 0. The molecule has 16 heavy (non-hydrogen) atoms. The van der Waals surface area contributed by atoms with Crippen molar-refractivity contribution in [1.29, 1.82) is 0 Å². The van der Waals surface area contributed by atoms with Crippen molar-refractivity contribution in [1.82, 2.24) is 5.32 Å². The molecule has 0 radical (unpaired) electrons. The molecule has 1 saturated carbocycles. The predicted molar refractivity (Wildman–Crippen MR) is 68.3 cm³/mol. The summed E-state index contributed by atoms with van der Waals surface area (Å²) < 4.78 is 0. The number of carbonyl (C=O) groups is 1. The van der Waals surface area contributed by atoms with Crippen molar-refractivity contribution in [2.75, 3.05) is 0 Å². The third-order valence-corrected chi connectivity index (χ3v) is 3.54. The van der Waals surface area contributed by atoms with E-state index in [2.05, 4.69) is 26.1 Å². The molecule has 0 aromatic carbocycles. The maximum absolute atomic E-state index is 11.9. The van der Waals surface area contributed by atoms with Gasteiger partial charge in [0.25, 0.3) is 0 Å². The molecule has 0 aromatic heterocycles. The molecule has 0 saturated heterocycles. The smallest absolute Gasteiger partial charge is 0.220 e. The minimum Gasteiger partial charge on any atom is -0.353 e. The Kier molecular flexibility index (Phi) is 5.30. The van der Waals surface area contributed by atoms with Gasteiger partial charge in [-0.1, -0.05) is 46.5 Å². The Hall–Kier alpha value is -0.530. The van der Waals surface area contributed by atoms with Gasteiger partial charge in [0.2, 0.25) is 5.91 Å². The van der Waals surface area contributed by atoms with Crippen LogP contribution >= 0.6 is 0 Å². The molecule has 0 aromatic rings. The third kappa shape index (κ3) is 5.00. The first-order valence-electron chi connectivity index (χ1n) is 6.83. The molecule has 1 N–H and O–H groups in total. The van der Waals surface area contributed by atoms with Crippen molar-refractivity contribution in [2.24, 2.45) is 5.41 Å². The molecular weight excluding hydrogens is 198 g/mol. The second-order valence-corrected chi connectivity index (χ2v) is 5.99. The quantitative estimate of drug-likeness (QED) is 0.760. The Bertz CT molecular complexity index is 217. The first kappa shape index (κ1) is 13.5. The highest BCUT2D eigenvalue weighted by Crippen LogP contribution is 2.26. The Labute approximate surface area is 100 Å². The van der Waals surface area contributed by atoms with E-state index in [0.717, 1.165) is 12.8 Å². The van der Waals surface area contributed by atoms with Crippen LogP contribution in [0.25, 0.3) is 0 Å². The van der Waals surface area contributed by atoms with Gasteiger partial charge in [-0.2, -0.15) is 0 Å². The molecule has 0 unspecified atom stereocenters. The van der Waals surface area contributed by atoms with Gasteiger partial charge in [-0.15, -0.1) is 0 Å². The van der Waals surface area contributed by atoms with Gasteiger partial charge in [-0.05, 0) is 24.7 Å². The Balaban J connectivity index is 2.28. The molecule has 0 aliphatic heterocycles. The summed E-state index contributed by atoms with van der Waals surface area (Å²) in [6, 6.07) is 0.457. The van der Waals surface area contributed by atoms with Gasteiger partial charge < -0.3 is 5.32 Å². The fourth-order valence-electron chi connectivity index (χ4n) is 2.73. The van der Waals surface area contributed by atoms with Gasteiger partial charge in [-0.3, -0.25) is 4.79 Å². The second kappa shape index (κ2) is 6.27. The summed E-state index contributed by atoms with van der Waals surface area (Å²) in [5, 5.41) is 3.19. The lowest BCUT2D eigenvalue weighted by Crippen LogP contribution is -2.38. The number of nitrogens with one attached hydrogen (secondary N) is 1. The van der Waals surface area contributed by atoms with Gasteiger partial charge in [-0.25, -0.2) is 0 Å². The maximum atomic E-state index is 11.9. The van der Waals surface area contributed by atoms with Crippen molar-refractivity contribution in [3.05, 3.63) is 0 Å². The number of hydrogen-bond acceptors (Lipinski definition) is 1. The van der Waals surface area contributed by atoms with E-state index in [4.69, 9.17) is 0 Å². The van der Waals surface area contributed by atoms with E-state index in [0.29, 0.717) is 12.5 Å². The monoisotopic (exact) mass is 225 g/mol. The second-order valence-electron chi connectivity index (χ2n) is 5.99. The van der Waals surface area contributed by atoms with Crippen molar-refractivity contribution >= 4 is 5.91 Å². The molecule has 2 nitrogen and oxygen atoms in total. The zero-order valence-corrected chi connectivity index (χ0v) is 11.1. The lowest BCUT2D eigenvalue weighted by atomic mass is 9.84. The summed E-state index contributed by atoms with van der Waals surface area (Å²) in [4.78, 5) is 11.9. The molecule has 1 aliphatic rings. The summed E-state index contributed by atoms with van der Waals surface area (Å²) in [6.45, 7) is 6.56. The lowest BCUT2D eigenvalue weighted by Gasteiger charge is -2.27. The summed E-state index contributed by atoms with van der Waals surface area (Å²) in [6.07, 6.45) is 9.23. The molecule has 0 atom stereocenters. The van der Waals surface area contributed by atoms with Crippen molar-refractivity contribution in [3.63, 3.8) is 0 Å². The van der Waals surface area contributed by atoms with Crippen LogP contribution in [0.1, 0.15) is 72.1 Å². The first-order chi connectivity index (χ1) is 7.53. The fourth-order valence-corrected chi connectivity index (χ4v) is 2.73. The van der Waals surface area contributed by atoms with Crippen LogP contribution in [0.15, 0.2) is 0 Å². The predicted octanol–water partition coefficient (Wildman–Crippen LogP) is 3.65. The average Bonchev–Trinajstić information content (AvgIpc) is 2.17. The molecule has 0 heterocycles. The standard InChI is InChI=1S/C14H27NO/c1-4-10-14(2,3)11-13(16)15-12-8-6-5-7-9-12/h12H,4-11H2,1-3H3,(H,15,16). The normalized spacial score (nSPS) is 18.4. The van der Waals surface area contributed by atoms with E-state index in [-0.39, 0.29) is 11.3 Å². The number of rotatable bonds is 5. The Morgan fingerprint density at radius 3 is 2.44 bits per heavy atom. The first-order valence-corrected chi connectivity index (χ1v) is 6.83. The molecule has 1 rings (SSSR count). The number of hydrogen-bond donors (Lipinski definition) is 1. The van der Waals surface area contributed by atoms with Crippen molar-refractivity contribution < 1.29 is 4.79 Å². The van der Waals surface area contributed by atoms with Crippen molar-refractivity contribution in [3.8, 4) is 0 Å². The zero-order chi connectivity index (χ0) is 12.0. The van der Waals surface area contributed by atoms with Crippen LogP contribution < -0.4 is 5.32 Å². The van der Waals surface area contributed by atoms with E-state index in [1.807, 2.05) is 0 Å².